The summed E-state index contributed by atoms with van der Waals surface area (Å²) in [6.07, 6.45) is 3.89. The summed E-state index contributed by atoms with van der Waals surface area (Å²) < 4.78 is 33.8. The number of halogens is 1. The molecule has 0 spiro atoms. The van der Waals surface area contributed by atoms with Gasteiger partial charge in [0.1, 0.15) is 10.6 Å². The molecule has 1 fully saturated rings. The van der Waals surface area contributed by atoms with Crippen molar-refractivity contribution in [3.63, 3.8) is 0 Å². The number of hydrogen-bond acceptors (Lipinski definition) is 4. The number of hydrogen-bond donors (Lipinski definition) is 1. The van der Waals surface area contributed by atoms with E-state index >= 15 is 0 Å². The van der Waals surface area contributed by atoms with E-state index in [9.17, 15) is 8.42 Å². The number of nitrogens with zero attached hydrogens (tertiary/aromatic N) is 1. The average molecular weight is 453 g/mol. The van der Waals surface area contributed by atoms with Gasteiger partial charge in [-0.3, -0.25) is 4.90 Å². The number of benzene rings is 2. The molecule has 2 aromatic rings. The first-order valence-corrected chi connectivity index (χ1v) is 11.4. The van der Waals surface area contributed by atoms with Gasteiger partial charge in [0.15, 0.2) is 0 Å². The van der Waals surface area contributed by atoms with Gasteiger partial charge in [-0.2, -0.15) is 0 Å². The zero-order chi connectivity index (χ0) is 19.3. The number of piperidine rings is 1. The molecule has 1 heterocycles. The van der Waals surface area contributed by atoms with Crippen LogP contribution < -0.4 is 9.46 Å². The lowest BCUT2D eigenvalue weighted by molar-refractivity contribution is 0.221. The zero-order valence-corrected chi connectivity index (χ0v) is 17.9. The maximum atomic E-state index is 12.6. The maximum Gasteiger partial charge on any atom is 0.244 e. The maximum absolute atomic E-state index is 12.6. The summed E-state index contributed by atoms with van der Waals surface area (Å²) in [5.74, 6) is 0.322. The number of methoxy groups -OCH3 is 1. The van der Waals surface area contributed by atoms with E-state index < -0.39 is 10.0 Å². The fourth-order valence-electron chi connectivity index (χ4n) is 3.25. The molecule has 0 amide bonds. The van der Waals surface area contributed by atoms with Crippen LogP contribution in [0.15, 0.2) is 51.8 Å². The van der Waals surface area contributed by atoms with Gasteiger partial charge in [0.05, 0.1) is 7.11 Å². The highest BCUT2D eigenvalue weighted by Gasteiger charge is 2.19. The van der Waals surface area contributed by atoms with E-state index in [-0.39, 0.29) is 11.4 Å². The van der Waals surface area contributed by atoms with Crippen molar-refractivity contribution in [3.8, 4) is 5.75 Å². The predicted molar refractivity (Wildman–Crippen MR) is 110 cm³/mol. The summed E-state index contributed by atoms with van der Waals surface area (Å²) >= 11 is 3.31. The van der Waals surface area contributed by atoms with Crippen molar-refractivity contribution in [2.45, 2.75) is 37.2 Å². The Bertz CT molecular complexity index is 863. The highest BCUT2D eigenvalue weighted by atomic mass is 79.9. The minimum Gasteiger partial charge on any atom is -0.495 e. The van der Waals surface area contributed by atoms with Crippen LogP contribution >= 0.6 is 15.9 Å². The molecular weight excluding hydrogens is 428 g/mol. The van der Waals surface area contributed by atoms with Crippen molar-refractivity contribution < 1.29 is 13.2 Å². The first-order chi connectivity index (χ1) is 13.0. The van der Waals surface area contributed by atoms with Gasteiger partial charge < -0.3 is 4.74 Å². The smallest absolute Gasteiger partial charge is 0.244 e. The van der Waals surface area contributed by atoms with Gasteiger partial charge in [-0.1, -0.05) is 46.6 Å². The van der Waals surface area contributed by atoms with E-state index in [1.807, 2.05) is 12.1 Å². The third kappa shape index (κ3) is 5.54. The van der Waals surface area contributed by atoms with Crippen LogP contribution in [0.4, 0.5) is 0 Å². The number of nitrogens with one attached hydrogen (secondary N) is 1. The topological polar surface area (TPSA) is 58.6 Å². The molecule has 146 valence electrons. The molecule has 7 heteroatoms. The van der Waals surface area contributed by atoms with Gasteiger partial charge in [-0.15, -0.1) is 0 Å². The molecule has 1 aliphatic heterocycles. The van der Waals surface area contributed by atoms with Crippen LogP contribution in [0.25, 0.3) is 0 Å². The summed E-state index contributed by atoms with van der Waals surface area (Å²) in [5, 5.41) is 0. The lowest BCUT2D eigenvalue weighted by atomic mass is 10.1. The molecule has 1 aliphatic rings. The van der Waals surface area contributed by atoms with Crippen molar-refractivity contribution in [2.24, 2.45) is 0 Å². The van der Waals surface area contributed by atoms with Crippen LogP contribution in [-0.2, 0) is 23.1 Å². The molecule has 27 heavy (non-hydrogen) atoms. The molecule has 1 N–H and O–H groups in total. The lowest BCUT2D eigenvalue weighted by Gasteiger charge is -2.26. The van der Waals surface area contributed by atoms with Gasteiger partial charge in [-0.25, -0.2) is 13.1 Å². The van der Waals surface area contributed by atoms with E-state index in [2.05, 4.69) is 37.7 Å². The second-order valence-corrected chi connectivity index (χ2v) is 9.42. The number of likely N-dealkylation sites (tertiary alicyclic amines) is 1. The Morgan fingerprint density at radius 1 is 1.04 bits per heavy atom. The predicted octanol–water partition coefficient (Wildman–Crippen LogP) is 3.92. The molecule has 1 saturated heterocycles. The molecule has 2 aromatic carbocycles. The second-order valence-electron chi connectivity index (χ2n) is 6.77. The summed E-state index contributed by atoms with van der Waals surface area (Å²) in [5.41, 5.74) is 2.19. The van der Waals surface area contributed by atoms with E-state index in [1.165, 1.54) is 31.9 Å². The average Bonchev–Trinajstić information content (AvgIpc) is 2.68. The number of rotatable bonds is 7. The van der Waals surface area contributed by atoms with Crippen LogP contribution in [0.2, 0.25) is 0 Å². The minimum absolute atomic E-state index is 0.126. The van der Waals surface area contributed by atoms with E-state index in [0.717, 1.165) is 25.2 Å². The van der Waals surface area contributed by atoms with E-state index in [0.29, 0.717) is 10.2 Å². The summed E-state index contributed by atoms with van der Waals surface area (Å²) in [4.78, 5) is 2.60. The van der Waals surface area contributed by atoms with Crippen molar-refractivity contribution in [1.82, 2.24) is 9.62 Å². The van der Waals surface area contributed by atoms with Crippen molar-refractivity contribution in [3.05, 3.63) is 58.1 Å². The highest BCUT2D eigenvalue weighted by molar-refractivity contribution is 9.10. The van der Waals surface area contributed by atoms with E-state index in [4.69, 9.17) is 4.74 Å². The Morgan fingerprint density at radius 3 is 2.37 bits per heavy atom. The van der Waals surface area contributed by atoms with Gasteiger partial charge in [0, 0.05) is 17.6 Å². The normalized spacial score (nSPS) is 15.6. The second kappa shape index (κ2) is 9.19. The molecule has 5 nitrogen and oxygen atoms in total. The Labute approximate surface area is 169 Å². The molecule has 3 rings (SSSR count). The Kier molecular flexibility index (Phi) is 6.92. The SMILES string of the molecule is COc1ccc(Br)cc1S(=O)(=O)NCc1ccc(CN2CCCCC2)cc1. The van der Waals surface area contributed by atoms with Gasteiger partial charge in [0.2, 0.25) is 10.0 Å². The molecule has 0 saturated carbocycles. The molecule has 0 unspecified atom stereocenters. The fraction of sp³-hybridized carbons (Fsp3) is 0.400. The Morgan fingerprint density at radius 2 is 1.70 bits per heavy atom. The van der Waals surface area contributed by atoms with Crippen LogP contribution in [0, 0.1) is 0 Å². The Hall–Kier alpha value is -1.41. The highest BCUT2D eigenvalue weighted by Crippen LogP contribution is 2.27. The zero-order valence-electron chi connectivity index (χ0n) is 15.4. The fourth-order valence-corrected chi connectivity index (χ4v) is 4.98. The molecule has 0 aromatic heterocycles. The molecule has 0 aliphatic carbocycles. The van der Waals surface area contributed by atoms with Crippen molar-refractivity contribution in [1.29, 1.82) is 0 Å². The van der Waals surface area contributed by atoms with Gasteiger partial charge in [0.25, 0.3) is 0 Å². The first kappa shape index (κ1) is 20.3. The summed E-state index contributed by atoms with van der Waals surface area (Å²) in [6.45, 7) is 3.52. The van der Waals surface area contributed by atoms with Crippen LogP contribution in [-0.4, -0.2) is 33.5 Å². The quantitative estimate of drug-likeness (QED) is 0.691. The minimum atomic E-state index is -3.67. The third-order valence-electron chi connectivity index (χ3n) is 4.76. The number of ether oxygens (including phenoxy) is 1. The standard InChI is InChI=1S/C20H25BrN2O3S/c1-26-19-10-9-18(21)13-20(19)27(24,25)22-14-16-5-7-17(8-6-16)15-23-11-3-2-4-12-23/h5-10,13,22H,2-4,11-12,14-15H2,1H3. The van der Waals surface area contributed by atoms with E-state index in [1.54, 1.807) is 18.2 Å². The largest absolute Gasteiger partial charge is 0.495 e. The number of sulfonamides is 1. The first-order valence-electron chi connectivity index (χ1n) is 9.11. The lowest BCUT2D eigenvalue weighted by Crippen LogP contribution is -2.29. The van der Waals surface area contributed by atoms with Gasteiger partial charge >= 0.3 is 0 Å². The van der Waals surface area contributed by atoms with Crippen LogP contribution in [0.5, 0.6) is 5.75 Å². The summed E-state index contributed by atoms with van der Waals surface area (Å²) in [7, 11) is -2.21. The molecule has 0 atom stereocenters. The third-order valence-corrected chi connectivity index (χ3v) is 6.68. The van der Waals surface area contributed by atoms with Crippen molar-refractivity contribution in [2.75, 3.05) is 20.2 Å². The van der Waals surface area contributed by atoms with Crippen molar-refractivity contribution >= 4 is 26.0 Å². The molecule has 0 radical (unpaired) electrons. The van der Waals surface area contributed by atoms with Crippen LogP contribution in [0.3, 0.4) is 0 Å². The van der Waals surface area contributed by atoms with Gasteiger partial charge in [-0.05, 0) is 55.3 Å². The Balaban J connectivity index is 1.63. The molecular formula is C20H25BrN2O3S. The molecule has 0 bridgehead atoms. The summed E-state index contributed by atoms with van der Waals surface area (Å²) in [6, 6.07) is 13.1. The monoisotopic (exact) mass is 452 g/mol. The van der Waals surface area contributed by atoms with Crippen LogP contribution in [0.1, 0.15) is 30.4 Å².